The van der Waals surface area contributed by atoms with Crippen LogP contribution in [0.5, 0.6) is 0 Å². The van der Waals surface area contributed by atoms with Crippen molar-refractivity contribution >= 4 is 23.3 Å². The lowest BCUT2D eigenvalue weighted by Gasteiger charge is -2.43. The van der Waals surface area contributed by atoms with Gasteiger partial charge in [0, 0.05) is 15.2 Å². The maximum Gasteiger partial charge on any atom is 0.0547 e. The third kappa shape index (κ3) is 4.19. The van der Waals surface area contributed by atoms with E-state index in [-0.39, 0.29) is 0 Å². The van der Waals surface area contributed by atoms with Gasteiger partial charge in [0.15, 0.2) is 0 Å². The first-order valence-electron chi connectivity index (χ1n) is 8.61. The summed E-state index contributed by atoms with van der Waals surface area (Å²) in [6.45, 7) is 15.6. The summed E-state index contributed by atoms with van der Waals surface area (Å²) in [6.07, 6.45) is 19.7. The number of rotatable bonds is 7. The summed E-state index contributed by atoms with van der Waals surface area (Å²) in [7, 11) is -3.64. The Morgan fingerprint density at radius 1 is 0.636 bits per heavy atom. The van der Waals surface area contributed by atoms with Gasteiger partial charge in [0.1, 0.15) is 0 Å². The van der Waals surface area contributed by atoms with E-state index in [2.05, 4.69) is 90.6 Å². The Balaban J connectivity index is 1.86. The smallest absolute Gasteiger partial charge is 0.0547 e. The molecule has 0 bridgehead atoms. The Hall–Kier alpha value is 0.651. The van der Waals surface area contributed by atoms with E-state index in [4.69, 9.17) is 0 Å². The monoisotopic (exact) mass is 344 g/mol. The van der Waals surface area contributed by atoms with Gasteiger partial charge in [-0.05, 0) is 62.4 Å². The van der Waals surface area contributed by atoms with E-state index in [0.29, 0.717) is 0 Å². The van der Waals surface area contributed by atoms with Gasteiger partial charge in [-0.3, -0.25) is 0 Å². The van der Waals surface area contributed by atoms with Crippen LogP contribution in [-0.4, -0.2) is 23.3 Å². The van der Waals surface area contributed by atoms with Crippen molar-refractivity contribution in [3.63, 3.8) is 0 Å². The van der Waals surface area contributed by atoms with Crippen molar-refractivity contribution in [1.29, 1.82) is 0 Å². The first-order chi connectivity index (χ1) is 10.2. The van der Waals surface area contributed by atoms with E-state index in [0.717, 1.165) is 0 Å². The van der Waals surface area contributed by atoms with Crippen LogP contribution in [0.15, 0.2) is 0 Å². The molecule has 0 saturated heterocycles. The molecular weight excluding hydrogens is 312 g/mol. The highest BCUT2D eigenvalue weighted by Gasteiger charge is 2.47. The lowest BCUT2D eigenvalue weighted by molar-refractivity contribution is 1.01. The SMILES string of the molecule is C[Si](C)(CCC[Si](C)(C)[Si](C)(C)[C]1[CH][CH][CH][CH]1)[C]1[CH][CH][CH][CH]1. The molecule has 3 heteroatoms. The van der Waals surface area contributed by atoms with Gasteiger partial charge in [-0.2, -0.15) is 0 Å². The number of hydrogen-bond acceptors (Lipinski definition) is 0. The second-order valence-corrected chi connectivity index (χ2v) is 29.3. The van der Waals surface area contributed by atoms with Crippen LogP contribution in [0.4, 0.5) is 0 Å². The largest absolute Gasteiger partial charge is 0.0713 e. The molecule has 0 aromatic carbocycles. The van der Waals surface area contributed by atoms with Crippen molar-refractivity contribution < 1.29 is 0 Å². The Kier molecular flexibility index (Phi) is 6.27. The molecule has 2 aliphatic rings. The summed E-state index contributed by atoms with van der Waals surface area (Å²) in [6, 6.07) is 2.94. The van der Waals surface area contributed by atoms with Crippen molar-refractivity contribution in [3.05, 3.63) is 62.4 Å². The molecule has 0 spiro atoms. The molecule has 0 aromatic rings. The summed E-state index contributed by atoms with van der Waals surface area (Å²) in [5.41, 5.74) is 3.32. The van der Waals surface area contributed by atoms with Crippen LogP contribution in [0.1, 0.15) is 6.42 Å². The zero-order valence-electron chi connectivity index (χ0n) is 15.2. The van der Waals surface area contributed by atoms with Crippen molar-refractivity contribution in [1.82, 2.24) is 0 Å². The van der Waals surface area contributed by atoms with Crippen LogP contribution in [0.2, 0.25) is 51.4 Å². The summed E-state index contributed by atoms with van der Waals surface area (Å²) in [5, 5.41) is 0. The molecule has 0 N–H and O–H groups in total. The molecule has 22 heavy (non-hydrogen) atoms. The van der Waals surface area contributed by atoms with Gasteiger partial charge in [-0.1, -0.05) is 57.8 Å². The van der Waals surface area contributed by atoms with Gasteiger partial charge in [0.2, 0.25) is 0 Å². The predicted molar refractivity (Wildman–Crippen MR) is 108 cm³/mol. The molecule has 0 aliphatic heterocycles. The van der Waals surface area contributed by atoms with Gasteiger partial charge in [-0.15, -0.1) is 0 Å². The topological polar surface area (TPSA) is 0 Å². The van der Waals surface area contributed by atoms with Crippen molar-refractivity contribution in [2.24, 2.45) is 0 Å². The standard InChI is InChI=1S/C19H32Si3/c1-20(2,18-12-7-8-13-18)16-11-17-21(3,4)22(5,6)19-14-9-10-15-19/h7-10,12-15H,11,16-17H2,1-6H3. The second-order valence-electron chi connectivity index (χ2n) is 8.59. The zero-order valence-corrected chi connectivity index (χ0v) is 18.2. The van der Waals surface area contributed by atoms with Crippen molar-refractivity contribution in [2.75, 3.05) is 0 Å². The molecule has 10 radical (unpaired) electrons. The molecule has 2 saturated carbocycles. The summed E-state index contributed by atoms with van der Waals surface area (Å²) < 4.78 is 0. The highest BCUT2D eigenvalue weighted by atomic mass is 29.3. The van der Waals surface area contributed by atoms with Crippen LogP contribution < -0.4 is 0 Å². The Morgan fingerprint density at radius 3 is 1.59 bits per heavy atom. The van der Waals surface area contributed by atoms with Crippen molar-refractivity contribution in [3.8, 4) is 0 Å². The molecule has 0 nitrogen and oxygen atoms in total. The molecule has 120 valence electrons. The molecule has 0 unspecified atom stereocenters. The summed E-state index contributed by atoms with van der Waals surface area (Å²) >= 11 is 0. The highest BCUT2D eigenvalue weighted by Crippen LogP contribution is 2.41. The fourth-order valence-electron chi connectivity index (χ4n) is 3.44. The lowest BCUT2D eigenvalue weighted by Crippen LogP contribution is -2.58. The minimum atomic E-state index is -1.26. The minimum absolute atomic E-state index is 1.16. The first kappa shape index (κ1) is 19.0. The third-order valence-electron chi connectivity index (χ3n) is 6.12. The van der Waals surface area contributed by atoms with Gasteiger partial charge >= 0.3 is 0 Å². The van der Waals surface area contributed by atoms with Crippen LogP contribution >= 0.6 is 0 Å². The Morgan fingerprint density at radius 2 is 1.09 bits per heavy atom. The maximum absolute atomic E-state index is 2.64. The minimum Gasteiger partial charge on any atom is -0.0713 e. The molecule has 2 aliphatic carbocycles. The summed E-state index contributed by atoms with van der Waals surface area (Å²) in [5.74, 6) is 0. The van der Waals surface area contributed by atoms with Crippen LogP contribution in [0.25, 0.3) is 0 Å². The zero-order chi connectivity index (χ0) is 16.4. The average molecular weight is 345 g/mol. The first-order valence-corrected chi connectivity index (χ1v) is 19.0. The fourth-order valence-corrected chi connectivity index (χ4v) is 15.0. The number of hydrogen-bond donors (Lipinski definition) is 0. The van der Waals surface area contributed by atoms with E-state index in [1.54, 1.807) is 11.1 Å². The van der Waals surface area contributed by atoms with Gasteiger partial charge in [0.05, 0.1) is 8.07 Å². The van der Waals surface area contributed by atoms with Crippen LogP contribution in [0.3, 0.4) is 0 Å². The maximum atomic E-state index is 2.64. The van der Waals surface area contributed by atoms with Gasteiger partial charge in [-0.25, -0.2) is 0 Å². The van der Waals surface area contributed by atoms with Crippen molar-refractivity contribution in [2.45, 2.75) is 57.8 Å². The fraction of sp³-hybridized carbons (Fsp3) is 0.474. The van der Waals surface area contributed by atoms with E-state index in [1.165, 1.54) is 18.5 Å². The molecule has 2 fully saturated rings. The predicted octanol–water partition coefficient (Wildman–Crippen LogP) is 5.47. The average Bonchev–Trinajstić information content (AvgIpc) is 3.12. The van der Waals surface area contributed by atoms with E-state index >= 15 is 0 Å². The molecule has 0 aromatic heterocycles. The van der Waals surface area contributed by atoms with E-state index in [9.17, 15) is 0 Å². The van der Waals surface area contributed by atoms with Crippen LogP contribution in [0, 0.1) is 62.4 Å². The third-order valence-corrected chi connectivity index (χ3v) is 28.2. The molecular formula is C19H32Si3. The van der Waals surface area contributed by atoms with Gasteiger partial charge in [0.25, 0.3) is 0 Å². The molecule has 0 atom stereocenters. The second kappa shape index (κ2) is 7.26. The van der Waals surface area contributed by atoms with Crippen LogP contribution in [-0.2, 0) is 0 Å². The van der Waals surface area contributed by atoms with Gasteiger partial charge < -0.3 is 0 Å². The summed E-state index contributed by atoms with van der Waals surface area (Å²) in [4.78, 5) is 0. The Labute approximate surface area is 143 Å². The molecule has 0 heterocycles. The Bertz CT molecular complexity index is 348. The lowest BCUT2D eigenvalue weighted by atomic mass is 10.4. The normalized spacial score (nSPS) is 22.6. The molecule has 0 amide bonds. The molecule has 2 rings (SSSR count). The highest BCUT2D eigenvalue weighted by molar-refractivity contribution is 7.43. The quantitative estimate of drug-likeness (QED) is 0.537. The van der Waals surface area contributed by atoms with E-state index < -0.39 is 23.3 Å². The van der Waals surface area contributed by atoms with E-state index in [1.807, 2.05) is 0 Å².